The summed E-state index contributed by atoms with van der Waals surface area (Å²) in [6, 6.07) is 2.07. The van der Waals surface area contributed by atoms with E-state index in [1.807, 2.05) is 6.92 Å². The van der Waals surface area contributed by atoms with Crippen molar-refractivity contribution in [1.82, 2.24) is 4.98 Å². The van der Waals surface area contributed by atoms with E-state index in [2.05, 4.69) is 4.98 Å². The monoisotopic (exact) mass is 297 g/mol. The van der Waals surface area contributed by atoms with Crippen LogP contribution in [0.15, 0.2) is 12.1 Å². The minimum absolute atomic E-state index is 0.244. The average molecular weight is 298 g/mol. The largest absolute Gasteiger partial charge is 0.433 e. The molecule has 0 saturated carbocycles. The third-order valence-corrected chi connectivity index (χ3v) is 4.54. The predicted molar refractivity (Wildman–Crippen MR) is 64.7 cm³/mol. The number of aromatic nitrogens is 1. The molecule has 0 aromatic carbocycles. The van der Waals surface area contributed by atoms with Crippen LogP contribution >= 0.6 is 23.4 Å². The molecule has 0 aliphatic carbocycles. The van der Waals surface area contributed by atoms with Crippen molar-refractivity contribution >= 4 is 23.4 Å². The minimum atomic E-state index is -4.53. The molecule has 1 aliphatic heterocycles. The first-order valence-electron chi connectivity index (χ1n) is 5.30. The normalized spacial score (nSPS) is 28.7. The molecule has 100 valence electrons. The van der Waals surface area contributed by atoms with Crippen molar-refractivity contribution in [3.05, 3.63) is 28.5 Å². The Morgan fingerprint density at radius 1 is 1.50 bits per heavy atom. The molecule has 2 heterocycles. The van der Waals surface area contributed by atoms with Crippen LogP contribution in [0.25, 0.3) is 0 Å². The standard InChI is InChI=1S/C11H11ClF3NOS/c1-6-4-10(17,5-18-6)7-2-3-8(11(13,14)15)16-9(7)12/h2-3,6,17H,4-5H2,1H3. The molecule has 18 heavy (non-hydrogen) atoms. The molecule has 2 atom stereocenters. The fraction of sp³-hybridized carbons (Fsp3) is 0.545. The van der Waals surface area contributed by atoms with Crippen molar-refractivity contribution in [3.8, 4) is 0 Å². The fourth-order valence-corrected chi connectivity index (χ4v) is 3.56. The van der Waals surface area contributed by atoms with Gasteiger partial charge in [0.2, 0.25) is 0 Å². The highest BCUT2D eigenvalue weighted by atomic mass is 35.5. The Bertz CT molecular complexity index is 468. The van der Waals surface area contributed by atoms with Gasteiger partial charge in [-0.05, 0) is 12.5 Å². The number of aliphatic hydroxyl groups is 1. The number of hydrogen-bond donors (Lipinski definition) is 1. The van der Waals surface area contributed by atoms with Crippen LogP contribution in [0.1, 0.15) is 24.6 Å². The van der Waals surface area contributed by atoms with Crippen LogP contribution in [-0.4, -0.2) is 21.1 Å². The summed E-state index contributed by atoms with van der Waals surface area (Å²) in [5, 5.41) is 10.3. The first-order chi connectivity index (χ1) is 8.22. The zero-order chi connectivity index (χ0) is 13.6. The lowest BCUT2D eigenvalue weighted by molar-refractivity contribution is -0.141. The molecule has 1 fully saturated rings. The van der Waals surface area contributed by atoms with Gasteiger partial charge >= 0.3 is 6.18 Å². The Hall–Kier alpha value is -0.460. The summed E-state index contributed by atoms with van der Waals surface area (Å²) < 4.78 is 37.3. The third-order valence-electron chi connectivity index (χ3n) is 2.87. The first kappa shape index (κ1) is 14.0. The van der Waals surface area contributed by atoms with E-state index in [9.17, 15) is 18.3 Å². The summed E-state index contributed by atoms with van der Waals surface area (Å²) in [7, 11) is 0. The highest BCUT2D eigenvalue weighted by molar-refractivity contribution is 8.00. The lowest BCUT2D eigenvalue weighted by atomic mass is 9.92. The van der Waals surface area contributed by atoms with Crippen molar-refractivity contribution in [2.45, 2.75) is 30.4 Å². The van der Waals surface area contributed by atoms with Gasteiger partial charge in [0.25, 0.3) is 0 Å². The molecule has 0 bridgehead atoms. The molecule has 0 amide bonds. The van der Waals surface area contributed by atoms with Crippen LogP contribution in [-0.2, 0) is 11.8 Å². The molecule has 7 heteroatoms. The number of rotatable bonds is 1. The van der Waals surface area contributed by atoms with Gasteiger partial charge in [-0.3, -0.25) is 0 Å². The van der Waals surface area contributed by atoms with Gasteiger partial charge in [-0.15, -0.1) is 0 Å². The topological polar surface area (TPSA) is 33.1 Å². The van der Waals surface area contributed by atoms with Crippen molar-refractivity contribution < 1.29 is 18.3 Å². The van der Waals surface area contributed by atoms with Crippen LogP contribution in [0.2, 0.25) is 5.15 Å². The molecule has 0 spiro atoms. The van der Waals surface area contributed by atoms with Crippen molar-refractivity contribution in [3.63, 3.8) is 0 Å². The van der Waals surface area contributed by atoms with E-state index in [0.29, 0.717) is 12.2 Å². The highest BCUT2D eigenvalue weighted by Gasteiger charge is 2.41. The highest BCUT2D eigenvalue weighted by Crippen LogP contribution is 2.43. The van der Waals surface area contributed by atoms with Crippen LogP contribution in [0.3, 0.4) is 0 Å². The lowest BCUT2D eigenvalue weighted by Crippen LogP contribution is -2.26. The van der Waals surface area contributed by atoms with E-state index in [1.165, 1.54) is 6.07 Å². The molecule has 1 saturated heterocycles. The van der Waals surface area contributed by atoms with Gasteiger partial charge in [0.15, 0.2) is 0 Å². The average Bonchev–Trinajstić information content (AvgIpc) is 2.58. The smallest absolute Gasteiger partial charge is 0.384 e. The maximum atomic E-state index is 12.4. The molecule has 2 rings (SSSR count). The third kappa shape index (κ3) is 2.60. The second kappa shape index (κ2) is 4.58. The number of pyridine rings is 1. The van der Waals surface area contributed by atoms with Gasteiger partial charge in [0.1, 0.15) is 16.4 Å². The first-order valence-corrected chi connectivity index (χ1v) is 6.73. The van der Waals surface area contributed by atoms with Crippen molar-refractivity contribution in [2.75, 3.05) is 5.75 Å². The maximum Gasteiger partial charge on any atom is 0.433 e. The molecule has 0 radical (unpaired) electrons. The predicted octanol–water partition coefficient (Wildman–Crippen LogP) is 3.47. The summed E-state index contributed by atoms with van der Waals surface area (Å²) >= 11 is 7.33. The SMILES string of the molecule is CC1CC(O)(c2ccc(C(F)(F)F)nc2Cl)CS1. The van der Waals surface area contributed by atoms with Crippen LogP contribution in [0, 0.1) is 0 Å². The van der Waals surface area contributed by atoms with Crippen molar-refractivity contribution in [2.24, 2.45) is 0 Å². The van der Waals surface area contributed by atoms with E-state index in [4.69, 9.17) is 11.6 Å². The molecule has 2 unspecified atom stereocenters. The van der Waals surface area contributed by atoms with Gasteiger partial charge in [-0.2, -0.15) is 24.9 Å². The Morgan fingerprint density at radius 3 is 2.61 bits per heavy atom. The van der Waals surface area contributed by atoms with E-state index >= 15 is 0 Å². The molecule has 1 aromatic heterocycles. The van der Waals surface area contributed by atoms with Gasteiger partial charge in [0.05, 0.1) is 0 Å². The fourth-order valence-electron chi connectivity index (χ4n) is 2.00. The number of thioether (sulfide) groups is 1. The van der Waals surface area contributed by atoms with Crippen LogP contribution in [0.4, 0.5) is 13.2 Å². The van der Waals surface area contributed by atoms with E-state index in [0.717, 1.165) is 6.07 Å². The lowest BCUT2D eigenvalue weighted by Gasteiger charge is -2.23. The maximum absolute atomic E-state index is 12.4. The molecular formula is C11H11ClF3NOS. The number of halogens is 4. The Morgan fingerprint density at radius 2 is 2.17 bits per heavy atom. The molecule has 1 N–H and O–H groups in total. The minimum Gasteiger partial charge on any atom is -0.384 e. The summed E-state index contributed by atoms with van der Waals surface area (Å²) in [5.74, 6) is 0.418. The van der Waals surface area contributed by atoms with Gasteiger partial charge in [0, 0.05) is 16.6 Å². The summed E-state index contributed by atoms with van der Waals surface area (Å²) in [6.07, 6.45) is -4.06. The van der Waals surface area contributed by atoms with Gasteiger partial charge in [-0.1, -0.05) is 24.6 Å². The second-order valence-corrected chi connectivity index (χ2v) is 6.17. The Labute approximate surface area is 112 Å². The van der Waals surface area contributed by atoms with E-state index < -0.39 is 17.5 Å². The molecule has 1 aliphatic rings. The van der Waals surface area contributed by atoms with Gasteiger partial charge < -0.3 is 5.11 Å². The molecule has 2 nitrogen and oxygen atoms in total. The van der Waals surface area contributed by atoms with Crippen molar-refractivity contribution in [1.29, 1.82) is 0 Å². The number of alkyl halides is 3. The second-order valence-electron chi connectivity index (χ2n) is 4.39. The number of nitrogens with zero attached hydrogens (tertiary/aromatic N) is 1. The Kier molecular flexibility index (Phi) is 3.55. The Balaban J connectivity index is 2.36. The van der Waals surface area contributed by atoms with Crippen LogP contribution < -0.4 is 0 Å². The summed E-state index contributed by atoms with van der Waals surface area (Å²) in [4.78, 5) is 3.33. The molecule has 1 aromatic rings. The molecular weight excluding hydrogens is 287 g/mol. The van der Waals surface area contributed by atoms with E-state index in [1.54, 1.807) is 11.8 Å². The van der Waals surface area contributed by atoms with E-state index in [-0.39, 0.29) is 16.0 Å². The summed E-state index contributed by atoms with van der Waals surface area (Å²) in [5.41, 5.74) is -1.95. The summed E-state index contributed by atoms with van der Waals surface area (Å²) in [6.45, 7) is 1.95. The number of hydrogen-bond acceptors (Lipinski definition) is 3. The van der Waals surface area contributed by atoms with Gasteiger partial charge in [-0.25, -0.2) is 4.98 Å². The van der Waals surface area contributed by atoms with Crippen LogP contribution in [0.5, 0.6) is 0 Å². The quantitative estimate of drug-likeness (QED) is 0.806. The zero-order valence-corrected chi connectivity index (χ0v) is 11.0. The zero-order valence-electron chi connectivity index (χ0n) is 9.46.